The third-order valence-electron chi connectivity index (χ3n) is 3.40. The lowest BCUT2D eigenvalue weighted by Crippen LogP contribution is -2.24. The van der Waals surface area contributed by atoms with E-state index in [1.54, 1.807) is 0 Å². The molecule has 0 spiro atoms. The summed E-state index contributed by atoms with van der Waals surface area (Å²) in [6, 6.07) is 3.62. The van der Waals surface area contributed by atoms with Crippen LogP contribution in [0.2, 0.25) is 10.0 Å². The fraction of sp³-hybridized carbons (Fsp3) is 0. The smallest absolute Gasteiger partial charge is 0.315 e. The van der Waals surface area contributed by atoms with Gasteiger partial charge in [-0.05, 0) is 12.1 Å². The van der Waals surface area contributed by atoms with E-state index in [4.69, 9.17) is 23.2 Å². The summed E-state index contributed by atoms with van der Waals surface area (Å²) in [6.07, 6.45) is 3.52. The molecule has 1 aromatic carbocycles. The van der Waals surface area contributed by atoms with Gasteiger partial charge in [-0.1, -0.05) is 23.2 Å². The van der Waals surface area contributed by atoms with Crippen molar-refractivity contribution in [2.75, 3.05) is 0 Å². The Hall–Kier alpha value is -3.17. The van der Waals surface area contributed by atoms with Gasteiger partial charge in [0.15, 0.2) is 24.0 Å². The first kappa shape index (κ1) is 17.6. The molecule has 2 aromatic heterocycles. The van der Waals surface area contributed by atoms with Gasteiger partial charge >= 0.3 is 5.69 Å². The standard InChI is InChI=1S/C15H8Cl2N4O5/c16-8-5-20(24)6-9(17)13(8)15-18-2-1-10(19-15)7-3-11(21(25)26)14(23)12(22)4-7/h1-6,22-23H. The molecule has 0 aliphatic rings. The maximum Gasteiger partial charge on any atom is 0.315 e. The summed E-state index contributed by atoms with van der Waals surface area (Å²) in [7, 11) is 0. The normalized spacial score (nSPS) is 10.7. The highest BCUT2D eigenvalue weighted by atomic mass is 35.5. The minimum atomic E-state index is -0.845. The summed E-state index contributed by atoms with van der Waals surface area (Å²) in [4.78, 5) is 18.4. The van der Waals surface area contributed by atoms with E-state index in [1.165, 1.54) is 12.3 Å². The summed E-state index contributed by atoms with van der Waals surface area (Å²) in [6.45, 7) is 0. The number of nitrogens with zero attached hydrogens (tertiary/aromatic N) is 4. The monoisotopic (exact) mass is 394 g/mol. The minimum absolute atomic E-state index is 0.0178. The number of nitro groups is 1. The van der Waals surface area contributed by atoms with Crippen molar-refractivity contribution < 1.29 is 19.9 Å². The number of benzene rings is 1. The first-order valence-electron chi connectivity index (χ1n) is 6.90. The van der Waals surface area contributed by atoms with Gasteiger partial charge in [-0.3, -0.25) is 10.1 Å². The summed E-state index contributed by atoms with van der Waals surface area (Å²) < 4.78 is 0.430. The van der Waals surface area contributed by atoms with E-state index < -0.39 is 22.1 Å². The molecule has 0 saturated heterocycles. The Kier molecular flexibility index (Phi) is 4.49. The number of rotatable bonds is 3. The van der Waals surface area contributed by atoms with Crippen molar-refractivity contribution in [3.05, 3.63) is 62.2 Å². The molecule has 0 aliphatic carbocycles. The van der Waals surface area contributed by atoms with Crippen LogP contribution < -0.4 is 4.73 Å². The molecular formula is C15H8Cl2N4O5. The molecule has 3 aromatic rings. The second-order valence-corrected chi connectivity index (χ2v) is 5.89. The summed E-state index contributed by atoms with van der Waals surface area (Å²) in [5.41, 5.74) is -0.0970. The Balaban J connectivity index is 2.17. The number of aromatic nitrogens is 3. The first-order valence-corrected chi connectivity index (χ1v) is 7.65. The molecule has 0 aliphatic heterocycles. The van der Waals surface area contributed by atoms with Crippen LogP contribution in [0.1, 0.15) is 0 Å². The van der Waals surface area contributed by atoms with E-state index >= 15 is 0 Å². The third-order valence-corrected chi connectivity index (χ3v) is 3.97. The van der Waals surface area contributed by atoms with Gasteiger partial charge in [-0.2, -0.15) is 4.73 Å². The maximum atomic E-state index is 11.3. The fourth-order valence-corrected chi connectivity index (χ4v) is 2.86. The maximum absolute atomic E-state index is 11.3. The van der Waals surface area contributed by atoms with Gasteiger partial charge in [0.1, 0.15) is 10.0 Å². The zero-order valence-electron chi connectivity index (χ0n) is 12.6. The van der Waals surface area contributed by atoms with Crippen molar-refractivity contribution in [1.29, 1.82) is 0 Å². The average molecular weight is 395 g/mol. The van der Waals surface area contributed by atoms with E-state index in [2.05, 4.69) is 9.97 Å². The molecule has 0 atom stereocenters. The molecule has 0 bridgehead atoms. The second kappa shape index (κ2) is 6.62. The summed E-state index contributed by atoms with van der Waals surface area (Å²) >= 11 is 12.1. The molecule has 0 saturated carbocycles. The Bertz CT molecular complexity index is 1020. The number of halogens is 2. The lowest BCUT2D eigenvalue weighted by molar-refractivity contribution is -0.605. The van der Waals surface area contributed by atoms with E-state index in [-0.39, 0.29) is 32.7 Å². The molecule has 0 radical (unpaired) electrons. The SMILES string of the molecule is O=[N+]([O-])c1cc(-c2ccnc(-c3c(Cl)c[n+]([O-])cc3Cl)n2)cc(O)c1O. The highest BCUT2D eigenvalue weighted by molar-refractivity contribution is 6.38. The first-order chi connectivity index (χ1) is 12.3. The Labute approximate surface area is 155 Å². The van der Waals surface area contributed by atoms with Crippen LogP contribution in [0.5, 0.6) is 11.5 Å². The van der Waals surface area contributed by atoms with Crippen LogP contribution in [0, 0.1) is 15.3 Å². The van der Waals surface area contributed by atoms with Crippen molar-refractivity contribution in [2.24, 2.45) is 0 Å². The van der Waals surface area contributed by atoms with Crippen molar-refractivity contribution >= 4 is 28.9 Å². The molecule has 9 nitrogen and oxygen atoms in total. The molecule has 0 amide bonds. The number of nitro benzene ring substituents is 1. The lowest BCUT2D eigenvalue weighted by atomic mass is 10.1. The quantitative estimate of drug-likeness (QED) is 0.229. The molecular weight excluding hydrogens is 387 g/mol. The van der Waals surface area contributed by atoms with E-state index in [0.717, 1.165) is 24.5 Å². The van der Waals surface area contributed by atoms with Crippen molar-refractivity contribution in [1.82, 2.24) is 9.97 Å². The molecule has 132 valence electrons. The summed E-state index contributed by atoms with van der Waals surface area (Å²) in [5.74, 6) is -1.44. The Morgan fingerprint density at radius 2 is 1.81 bits per heavy atom. The third kappa shape index (κ3) is 3.17. The molecule has 0 unspecified atom stereocenters. The van der Waals surface area contributed by atoms with Crippen LogP contribution in [0.3, 0.4) is 0 Å². The Morgan fingerprint density at radius 1 is 1.15 bits per heavy atom. The molecule has 3 rings (SSSR count). The van der Waals surface area contributed by atoms with Crippen molar-refractivity contribution in [2.45, 2.75) is 0 Å². The number of aromatic hydroxyl groups is 2. The minimum Gasteiger partial charge on any atom is -0.619 e. The topological polar surface area (TPSA) is 136 Å². The molecule has 0 fully saturated rings. The summed E-state index contributed by atoms with van der Waals surface area (Å²) in [5, 5.41) is 41.7. The van der Waals surface area contributed by atoms with Crippen LogP contribution >= 0.6 is 23.2 Å². The predicted octanol–water partition coefficient (Wildman–Crippen LogP) is 3.07. The largest absolute Gasteiger partial charge is 0.619 e. The van der Waals surface area contributed by atoms with Gasteiger partial charge in [0.2, 0.25) is 5.75 Å². The van der Waals surface area contributed by atoms with E-state index in [0.29, 0.717) is 4.73 Å². The van der Waals surface area contributed by atoms with Gasteiger partial charge in [0.05, 0.1) is 16.2 Å². The number of phenolic OH excluding ortho intramolecular Hbond substituents is 2. The molecule has 11 heteroatoms. The molecule has 2 heterocycles. The zero-order chi connectivity index (χ0) is 19.0. The van der Waals surface area contributed by atoms with Gasteiger partial charge < -0.3 is 15.4 Å². The fourth-order valence-electron chi connectivity index (χ4n) is 2.25. The average Bonchev–Trinajstić information content (AvgIpc) is 2.56. The highest BCUT2D eigenvalue weighted by Crippen LogP contribution is 2.39. The van der Waals surface area contributed by atoms with Crippen molar-refractivity contribution in [3.63, 3.8) is 0 Å². The number of pyridine rings is 1. The van der Waals surface area contributed by atoms with Crippen LogP contribution in [-0.4, -0.2) is 25.1 Å². The van der Waals surface area contributed by atoms with Gasteiger partial charge in [-0.25, -0.2) is 9.97 Å². The molecule has 2 N–H and O–H groups in total. The van der Waals surface area contributed by atoms with Gasteiger partial charge in [0.25, 0.3) is 0 Å². The number of hydrogen-bond acceptors (Lipinski definition) is 7. The number of hydrogen-bond donors (Lipinski definition) is 2. The lowest BCUT2D eigenvalue weighted by Gasteiger charge is -2.08. The zero-order valence-corrected chi connectivity index (χ0v) is 14.1. The van der Waals surface area contributed by atoms with Crippen LogP contribution in [0.15, 0.2) is 36.8 Å². The van der Waals surface area contributed by atoms with E-state index in [9.17, 15) is 25.5 Å². The van der Waals surface area contributed by atoms with Gasteiger partial charge in [-0.15, -0.1) is 0 Å². The second-order valence-electron chi connectivity index (χ2n) is 5.07. The van der Waals surface area contributed by atoms with Crippen LogP contribution in [0.4, 0.5) is 5.69 Å². The molecule has 26 heavy (non-hydrogen) atoms. The van der Waals surface area contributed by atoms with Crippen LogP contribution in [-0.2, 0) is 0 Å². The highest BCUT2D eigenvalue weighted by Gasteiger charge is 2.21. The Morgan fingerprint density at radius 3 is 2.42 bits per heavy atom. The van der Waals surface area contributed by atoms with Gasteiger partial charge in [0, 0.05) is 17.8 Å². The van der Waals surface area contributed by atoms with Crippen LogP contribution in [0.25, 0.3) is 22.6 Å². The number of phenols is 2. The predicted molar refractivity (Wildman–Crippen MR) is 91.9 cm³/mol. The van der Waals surface area contributed by atoms with E-state index in [1.807, 2.05) is 0 Å². The van der Waals surface area contributed by atoms with Crippen molar-refractivity contribution in [3.8, 4) is 34.1 Å².